The summed E-state index contributed by atoms with van der Waals surface area (Å²) < 4.78 is 49.7. The van der Waals surface area contributed by atoms with E-state index >= 15 is 0 Å². The molecule has 0 radical (unpaired) electrons. The predicted octanol–water partition coefficient (Wildman–Crippen LogP) is 4.36. The Morgan fingerprint density at radius 1 is 1.02 bits per heavy atom. The molecule has 0 spiro atoms. The lowest BCUT2D eigenvalue weighted by molar-refractivity contribution is -0.134. The summed E-state index contributed by atoms with van der Waals surface area (Å²) in [6.07, 6.45) is 1.58. The second-order valence-corrected chi connectivity index (χ2v) is 11.9. The number of hydrogen-bond donors (Lipinski definition) is 2. The molecule has 0 bridgehead atoms. The minimum atomic E-state index is -1.17. The number of aromatic carboxylic acids is 1. The molecule has 11 nitrogen and oxygen atoms in total. The van der Waals surface area contributed by atoms with Gasteiger partial charge in [0.05, 0.1) is 30.8 Å². The summed E-state index contributed by atoms with van der Waals surface area (Å²) in [7, 11) is 1.30. The number of hydrazine groups is 1. The van der Waals surface area contributed by atoms with Crippen LogP contribution in [0.25, 0.3) is 17.2 Å². The molecular formula is C32H29F2N3O8S2. The summed E-state index contributed by atoms with van der Waals surface area (Å²) in [5.41, 5.74) is 4.12. The Morgan fingerprint density at radius 2 is 1.74 bits per heavy atom. The molecule has 15 heteroatoms. The van der Waals surface area contributed by atoms with E-state index < -0.39 is 36.0 Å². The summed E-state index contributed by atoms with van der Waals surface area (Å²) in [5, 5.41) is 10.2. The van der Waals surface area contributed by atoms with Gasteiger partial charge in [-0.05, 0) is 59.7 Å². The number of benzene rings is 3. The van der Waals surface area contributed by atoms with Crippen LogP contribution in [0.3, 0.4) is 0 Å². The van der Waals surface area contributed by atoms with Gasteiger partial charge in [-0.2, -0.15) is 0 Å². The summed E-state index contributed by atoms with van der Waals surface area (Å²) in [6.45, 7) is 3.44. The third-order valence-electron chi connectivity index (χ3n) is 7.13. The molecule has 0 unspecified atom stereocenters. The van der Waals surface area contributed by atoms with Crippen molar-refractivity contribution in [3.63, 3.8) is 0 Å². The van der Waals surface area contributed by atoms with E-state index in [9.17, 15) is 23.2 Å². The van der Waals surface area contributed by atoms with Crippen molar-refractivity contribution >= 4 is 52.2 Å². The molecule has 2 aliphatic heterocycles. The Morgan fingerprint density at radius 3 is 2.47 bits per heavy atom. The first-order valence-electron chi connectivity index (χ1n) is 14.3. The molecule has 0 atom stereocenters. The van der Waals surface area contributed by atoms with E-state index in [1.807, 2.05) is 0 Å². The average Bonchev–Trinajstić information content (AvgIpc) is 3.33. The Hall–Kier alpha value is -4.41. The quantitative estimate of drug-likeness (QED) is 0.122. The number of thioether (sulfide) groups is 1. The van der Waals surface area contributed by atoms with Crippen molar-refractivity contribution in [1.29, 1.82) is 0 Å². The van der Waals surface area contributed by atoms with Crippen LogP contribution in [0.2, 0.25) is 0 Å². The van der Waals surface area contributed by atoms with Gasteiger partial charge in [-0.15, -0.1) is 0 Å². The van der Waals surface area contributed by atoms with E-state index in [1.165, 1.54) is 31.4 Å². The van der Waals surface area contributed by atoms with Crippen LogP contribution in [0.15, 0.2) is 59.5 Å². The lowest BCUT2D eigenvalue weighted by atomic mass is 10.0. The van der Waals surface area contributed by atoms with Crippen molar-refractivity contribution in [1.82, 2.24) is 15.3 Å². The van der Waals surface area contributed by atoms with E-state index in [-0.39, 0.29) is 26.3 Å². The maximum atomic E-state index is 14.0. The van der Waals surface area contributed by atoms with Gasteiger partial charge in [0.2, 0.25) is 0 Å². The number of hydrogen-bond acceptors (Lipinski definition) is 11. The highest BCUT2D eigenvalue weighted by molar-refractivity contribution is 8.26. The van der Waals surface area contributed by atoms with Gasteiger partial charge in [0.25, 0.3) is 5.91 Å². The standard InChI is InChI=1S/C32H29F2N3O8S2/c1-42-27-16-21(31(40)41)4-7-26(27)45-29(38)18-35-37-30(39)28(47-32(37)46)17-22-14-19(20-2-5-23(33)24(34)15-20)3-6-25(22)44-13-10-36-8-11-43-12-9-36/h2-7,14-17,35H,8-13,18H2,1H3,(H,40,41)/b28-17-. The second kappa shape index (κ2) is 15.5. The number of morpholine rings is 1. The lowest BCUT2D eigenvalue weighted by Crippen LogP contribution is -2.44. The van der Waals surface area contributed by atoms with Crippen LogP contribution < -0.4 is 19.6 Å². The van der Waals surface area contributed by atoms with E-state index in [1.54, 1.807) is 24.3 Å². The largest absolute Gasteiger partial charge is 0.493 e. The number of nitrogens with zero attached hydrogens (tertiary/aromatic N) is 2. The number of thiocarbonyl (C=S) groups is 1. The van der Waals surface area contributed by atoms with E-state index in [0.29, 0.717) is 48.8 Å². The number of rotatable bonds is 12. The molecule has 5 rings (SSSR count). The van der Waals surface area contributed by atoms with Crippen molar-refractivity contribution in [2.45, 2.75) is 0 Å². The minimum absolute atomic E-state index is 0.00310. The van der Waals surface area contributed by atoms with Gasteiger partial charge in [0.15, 0.2) is 27.5 Å². The third-order valence-corrected chi connectivity index (χ3v) is 8.43. The minimum Gasteiger partial charge on any atom is -0.493 e. The maximum absolute atomic E-state index is 14.0. The molecule has 0 aromatic heterocycles. The maximum Gasteiger partial charge on any atom is 0.335 e. The topological polar surface area (TPSA) is 127 Å². The first-order valence-corrected chi connectivity index (χ1v) is 15.5. The second-order valence-electron chi connectivity index (χ2n) is 10.2. The van der Waals surface area contributed by atoms with Crippen LogP contribution in [0.5, 0.6) is 17.2 Å². The highest BCUT2D eigenvalue weighted by Crippen LogP contribution is 2.35. The first kappa shape index (κ1) is 33.9. The fourth-order valence-corrected chi connectivity index (χ4v) is 5.90. The number of methoxy groups -OCH3 is 1. The number of carboxylic acid groups (broad SMARTS) is 1. The van der Waals surface area contributed by atoms with Crippen LogP contribution in [-0.2, 0) is 14.3 Å². The molecule has 1 amide bonds. The summed E-state index contributed by atoms with van der Waals surface area (Å²) >= 11 is 6.38. The van der Waals surface area contributed by atoms with Crippen molar-refractivity contribution in [3.05, 3.63) is 82.3 Å². The van der Waals surface area contributed by atoms with Gasteiger partial charge in [0, 0.05) is 25.2 Å². The highest BCUT2D eigenvalue weighted by Gasteiger charge is 2.33. The zero-order valence-corrected chi connectivity index (χ0v) is 26.6. The fraction of sp³-hybridized carbons (Fsp3) is 0.250. The van der Waals surface area contributed by atoms with Crippen LogP contribution in [0.4, 0.5) is 8.78 Å². The monoisotopic (exact) mass is 685 g/mol. The van der Waals surface area contributed by atoms with Gasteiger partial charge in [-0.25, -0.2) is 24.0 Å². The molecule has 246 valence electrons. The van der Waals surface area contributed by atoms with Crippen LogP contribution in [0.1, 0.15) is 15.9 Å². The number of carboxylic acids is 1. The number of ether oxygens (including phenoxy) is 4. The summed E-state index contributed by atoms with van der Waals surface area (Å²) in [6, 6.07) is 12.5. The van der Waals surface area contributed by atoms with Crippen LogP contribution in [0, 0.1) is 11.6 Å². The molecule has 2 saturated heterocycles. The van der Waals surface area contributed by atoms with Crippen LogP contribution in [-0.4, -0.2) is 90.3 Å². The zero-order chi connectivity index (χ0) is 33.5. The normalized spacial score (nSPS) is 16.1. The SMILES string of the molecule is COc1cc(C(=O)O)ccc1OC(=O)CNN1C(=O)/C(=C/c2cc(-c3ccc(F)c(F)c3)ccc2OCCN2CCOCC2)SC1=S. The zero-order valence-electron chi connectivity index (χ0n) is 25.0. The Kier molecular flexibility index (Phi) is 11.2. The number of carbonyl (C=O) groups is 3. The molecule has 2 N–H and O–H groups in total. The first-order chi connectivity index (χ1) is 22.6. The number of esters is 1. The van der Waals surface area contributed by atoms with E-state index in [0.717, 1.165) is 42.0 Å². The van der Waals surface area contributed by atoms with E-state index in [2.05, 4.69) is 10.3 Å². The molecule has 2 heterocycles. The molecule has 2 fully saturated rings. The van der Waals surface area contributed by atoms with Crippen molar-refractivity contribution < 1.29 is 47.2 Å². The molecule has 3 aromatic carbocycles. The number of halogens is 2. The third kappa shape index (κ3) is 8.50. The molecule has 0 aliphatic carbocycles. The van der Waals surface area contributed by atoms with Gasteiger partial charge in [0.1, 0.15) is 18.9 Å². The molecule has 47 heavy (non-hydrogen) atoms. The average molecular weight is 686 g/mol. The molecule has 3 aromatic rings. The Labute approximate surface area is 278 Å². The fourth-order valence-electron chi connectivity index (χ4n) is 4.69. The highest BCUT2D eigenvalue weighted by atomic mass is 32.2. The number of nitrogens with one attached hydrogen (secondary N) is 1. The number of amides is 1. The van der Waals surface area contributed by atoms with Gasteiger partial charge in [-0.1, -0.05) is 36.1 Å². The Balaban J connectivity index is 1.31. The van der Waals surface area contributed by atoms with Crippen LogP contribution >= 0.6 is 24.0 Å². The van der Waals surface area contributed by atoms with Gasteiger partial charge >= 0.3 is 11.9 Å². The van der Waals surface area contributed by atoms with Crippen molar-refractivity contribution in [3.8, 4) is 28.4 Å². The predicted molar refractivity (Wildman–Crippen MR) is 173 cm³/mol. The van der Waals surface area contributed by atoms with Gasteiger partial charge in [-0.3, -0.25) is 14.5 Å². The lowest BCUT2D eigenvalue weighted by Gasteiger charge is -2.26. The summed E-state index contributed by atoms with van der Waals surface area (Å²) in [5.74, 6) is -3.95. The van der Waals surface area contributed by atoms with Crippen molar-refractivity contribution in [2.24, 2.45) is 0 Å². The molecule has 2 aliphatic rings. The van der Waals surface area contributed by atoms with Gasteiger partial charge < -0.3 is 24.1 Å². The molecule has 0 saturated carbocycles. The van der Waals surface area contributed by atoms with Crippen molar-refractivity contribution in [2.75, 3.05) is 53.1 Å². The Bertz CT molecular complexity index is 1730. The smallest absolute Gasteiger partial charge is 0.335 e. The summed E-state index contributed by atoms with van der Waals surface area (Å²) in [4.78, 5) is 39.6. The molecular weight excluding hydrogens is 656 g/mol. The number of carbonyl (C=O) groups excluding carboxylic acids is 2. The van der Waals surface area contributed by atoms with E-state index in [4.69, 9.17) is 36.3 Å².